The summed E-state index contributed by atoms with van der Waals surface area (Å²) < 4.78 is 1.96. The van der Waals surface area contributed by atoms with Crippen molar-refractivity contribution in [2.45, 2.75) is 16.9 Å². The number of hydrogen-bond acceptors (Lipinski definition) is 6. The maximum absolute atomic E-state index is 8.73. The summed E-state index contributed by atoms with van der Waals surface area (Å²) >= 11 is 0.346. The van der Waals surface area contributed by atoms with Crippen LogP contribution in [-0.2, 0) is 5.44 Å². The van der Waals surface area contributed by atoms with Crippen molar-refractivity contribution in [2.75, 3.05) is 11.9 Å². The van der Waals surface area contributed by atoms with E-state index in [0.29, 0.717) is 26.6 Å². The number of anilines is 1. The third-order valence-corrected chi connectivity index (χ3v) is 4.09. The van der Waals surface area contributed by atoms with Crippen LogP contribution in [0.2, 0.25) is 5.32 Å². The first-order valence-electron chi connectivity index (χ1n) is 4.82. The number of nitrogens with two attached hydrogens (primary N) is 2. The standard InChI is InChI=1S/C8H14N6OSe/c9-6-5-7(13-8(10)12-6)14(3-11-5)4-16-2-1-15/h3,6,15H,1-2,4,9H2,(H3,10,12,13). The van der Waals surface area contributed by atoms with Gasteiger partial charge in [0.05, 0.1) is 0 Å². The summed E-state index contributed by atoms with van der Waals surface area (Å²) in [5.41, 5.74) is 12.9. The van der Waals surface area contributed by atoms with Crippen LogP contribution in [0, 0.1) is 0 Å². The van der Waals surface area contributed by atoms with Gasteiger partial charge in [0.25, 0.3) is 0 Å². The zero-order chi connectivity index (χ0) is 11.5. The molecule has 0 saturated heterocycles. The van der Waals surface area contributed by atoms with E-state index in [2.05, 4.69) is 15.3 Å². The second-order valence-electron chi connectivity index (χ2n) is 3.29. The Morgan fingerprint density at radius 1 is 1.62 bits per heavy atom. The molecule has 1 unspecified atom stereocenters. The van der Waals surface area contributed by atoms with Crippen LogP contribution < -0.4 is 16.8 Å². The Kier molecular flexibility index (Phi) is 3.45. The molecule has 0 spiro atoms. The molecule has 0 aromatic carbocycles. The third kappa shape index (κ3) is 2.19. The predicted molar refractivity (Wildman–Crippen MR) is 62.0 cm³/mol. The molecule has 0 radical (unpaired) electrons. The van der Waals surface area contributed by atoms with Crippen LogP contribution in [0.4, 0.5) is 5.82 Å². The summed E-state index contributed by atoms with van der Waals surface area (Å²) in [5.74, 6) is 1.14. The van der Waals surface area contributed by atoms with Gasteiger partial charge in [0, 0.05) is 0 Å². The molecule has 0 amide bonds. The van der Waals surface area contributed by atoms with Gasteiger partial charge in [-0.25, -0.2) is 0 Å². The number of rotatable bonds is 4. The van der Waals surface area contributed by atoms with Gasteiger partial charge in [0.15, 0.2) is 0 Å². The normalized spacial score (nSPS) is 18.9. The molecule has 8 heteroatoms. The van der Waals surface area contributed by atoms with Crippen molar-refractivity contribution in [3.63, 3.8) is 0 Å². The quantitative estimate of drug-likeness (QED) is 0.404. The molecule has 1 aliphatic heterocycles. The van der Waals surface area contributed by atoms with Gasteiger partial charge in [-0.3, -0.25) is 0 Å². The van der Waals surface area contributed by atoms with Gasteiger partial charge in [-0.05, 0) is 0 Å². The van der Waals surface area contributed by atoms with E-state index in [1.165, 1.54) is 0 Å². The number of imidazole rings is 1. The molecule has 2 rings (SSSR count). The number of nitrogens with one attached hydrogen (secondary N) is 1. The van der Waals surface area contributed by atoms with Crippen LogP contribution in [0.15, 0.2) is 11.3 Å². The SMILES string of the molecule is NC1=NC(N)c2ncn(C[Se]CCO)c2N1. The molecule has 88 valence electrons. The first kappa shape index (κ1) is 11.4. The van der Waals surface area contributed by atoms with Gasteiger partial charge >= 0.3 is 98.7 Å². The van der Waals surface area contributed by atoms with Crippen LogP contribution >= 0.6 is 0 Å². The zero-order valence-electron chi connectivity index (χ0n) is 8.63. The van der Waals surface area contributed by atoms with Crippen molar-refractivity contribution in [3.8, 4) is 0 Å². The number of aliphatic hydroxyl groups excluding tert-OH is 1. The number of aliphatic imine (C=N–C) groups is 1. The second-order valence-corrected chi connectivity index (χ2v) is 5.55. The summed E-state index contributed by atoms with van der Waals surface area (Å²) in [5, 5.41) is 12.5. The predicted octanol–water partition coefficient (Wildman–Crippen LogP) is -1.35. The fourth-order valence-electron chi connectivity index (χ4n) is 1.44. The van der Waals surface area contributed by atoms with Gasteiger partial charge < -0.3 is 0 Å². The van der Waals surface area contributed by atoms with Crippen LogP contribution in [0.25, 0.3) is 0 Å². The first-order chi connectivity index (χ1) is 7.72. The molecule has 0 saturated carbocycles. The van der Waals surface area contributed by atoms with Gasteiger partial charge in [-0.2, -0.15) is 0 Å². The summed E-state index contributed by atoms with van der Waals surface area (Å²) in [7, 11) is 0. The molecule has 0 aliphatic carbocycles. The molecular formula is C8H14N6OSe. The Labute approximate surface area is 99.1 Å². The van der Waals surface area contributed by atoms with E-state index >= 15 is 0 Å². The van der Waals surface area contributed by atoms with E-state index in [1.807, 2.05) is 4.57 Å². The summed E-state index contributed by atoms with van der Waals surface area (Å²) in [6, 6.07) is 0. The van der Waals surface area contributed by atoms with E-state index in [0.717, 1.165) is 16.6 Å². The Morgan fingerprint density at radius 3 is 3.19 bits per heavy atom. The average molecular weight is 289 g/mol. The monoisotopic (exact) mass is 290 g/mol. The van der Waals surface area contributed by atoms with Crippen molar-refractivity contribution in [1.82, 2.24) is 9.55 Å². The number of fused-ring (bicyclic) bond motifs is 1. The van der Waals surface area contributed by atoms with Crippen molar-refractivity contribution in [3.05, 3.63) is 12.0 Å². The number of hydrogen-bond donors (Lipinski definition) is 4. The van der Waals surface area contributed by atoms with Crippen LogP contribution in [-0.4, -0.2) is 42.2 Å². The molecular weight excluding hydrogens is 275 g/mol. The minimum absolute atomic E-state index is 0.230. The van der Waals surface area contributed by atoms with Crippen molar-refractivity contribution in [2.24, 2.45) is 16.5 Å². The Bertz CT molecular complexity index is 403. The van der Waals surface area contributed by atoms with Crippen LogP contribution in [0.5, 0.6) is 0 Å². The number of guanidine groups is 1. The Hall–Kier alpha value is -1.08. The Morgan fingerprint density at radius 2 is 2.44 bits per heavy atom. The second kappa shape index (κ2) is 4.84. The fourth-order valence-corrected chi connectivity index (χ4v) is 2.81. The van der Waals surface area contributed by atoms with Crippen LogP contribution in [0.3, 0.4) is 0 Å². The molecule has 1 aromatic heterocycles. The minimum atomic E-state index is -0.483. The number of aromatic nitrogens is 2. The number of aliphatic hydroxyl groups is 1. The first-order valence-corrected chi connectivity index (χ1v) is 7.24. The maximum atomic E-state index is 8.73. The molecule has 2 heterocycles. The average Bonchev–Trinajstić information content (AvgIpc) is 2.62. The van der Waals surface area contributed by atoms with E-state index in [1.54, 1.807) is 6.33 Å². The molecule has 6 N–H and O–H groups in total. The van der Waals surface area contributed by atoms with Crippen molar-refractivity contribution < 1.29 is 5.11 Å². The summed E-state index contributed by atoms with van der Waals surface area (Å²) in [6.07, 6.45) is 1.24. The van der Waals surface area contributed by atoms with E-state index in [9.17, 15) is 0 Å². The topological polar surface area (TPSA) is 114 Å². The van der Waals surface area contributed by atoms with E-state index in [-0.39, 0.29) is 6.61 Å². The van der Waals surface area contributed by atoms with E-state index < -0.39 is 6.17 Å². The van der Waals surface area contributed by atoms with Crippen LogP contribution in [0.1, 0.15) is 11.9 Å². The Balaban J connectivity index is 2.13. The molecule has 1 atom stereocenters. The van der Waals surface area contributed by atoms with Gasteiger partial charge in [-0.15, -0.1) is 0 Å². The van der Waals surface area contributed by atoms with E-state index in [4.69, 9.17) is 16.6 Å². The number of nitrogens with zero attached hydrogens (tertiary/aromatic N) is 3. The summed E-state index contributed by atoms with van der Waals surface area (Å²) in [4.78, 5) is 8.20. The fraction of sp³-hybridized carbons (Fsp3) is 0.500. The van der Waals surface area contributed by atoms with Gasteiger partial charge in [0.2, 0.25) is 0 Å². The molecule has 1 aromatic rings. The summed E-state index contributed by atoms with van der Waals surface area (Å²) in [6.45, 7) is 0.230. The molecule has 0 bridgehead atoms. The molecule has 16 heavy (non-hydrogen) atoms. The van der Waals surface area contributed by atoms with Crippen molar-refractivity contribution in [1.29, 1.82) is 0 Å². The molecule has 0 fully saturated rings. The zero-order valence-corrected chi connectivity index (χ0v) is 10.3. The van der Waals surface area contributed by atoms with Crippen molar-refractivity contribution >= 4 is 26.7 Å². The molecule has 7 nitrogen and oxygen atoms in total. The molecule has 1 aliphatic rings. The van der Waals surface area contributed by atoms with Gasteiger partial charge in [-0.1, -0.05) is 0 Å². The van der Waals surface area contributed by atoms with Gasteiger partial charge in [0.1, 0.15) is 0 Å². The third-order valence-electron chi connectivity index (χ3n) is 2.14.